The van der Waals surface area contributed by atoms with Gasteiger partial charge in [0.2, 0.25) is 5.91 Å². The molecule has 0 radical (unpaired) electrons. The minimum Gasteiger partial charge on any atom is -0.481 e. The summed E-state index contributed by atoms with van der Waals surface area (Å²) in [5, 5.41) is 23.9. The van der Waals surface area contributed by atoms with Crippen molar-refractivity contribution in [2.75, 3.05) is 13.2 Å². The first-order valence-electron chi connectivity index (χ1n) is 10.7. The molecule has 4 N–H and O–H groups in total. The molecule has 2 aromatic rings. The predicted octanol–water partition coefficient (Wildman–Crippen LogP) is 2.26. The third-order valence-electron chi connectivity index (χ3n) is 5.98. The standard InChI is InChI=1S/C24H26N2O6/c27-21(14-9-10-14)12-25-23(30)20(11-22(28)29)26-24(31)32-13-19-17-7-3-1-5-15(17)16-6-2-4-8-18(16)19/h1-8,14,19-21,27H,9-13H2,(H,25,30)(H,26,31)(H,28,29). The SMILES string of the molecule is O=C(O)CC(NC(=O)OCC1c2ccccc2-c2ccccc21)C(=O)NCC(O)C1CC1. The molecule has 0 spiro atoms. The van der Waals surface area contributed by atoms with Crippen molar-refractivity contribution >= 4 is 18.0 Å². The number of fused-ring (bicyclic) bond motifs is 3. The summed E-state index contributed by atoms with van der Waals surface area (Å²) in [6.07, 6.45) is -0.300. The van der Waals surface area contributed by atoms with Gasteiger partial charge in [0.05, 0.1) is 12.5 Å². The van der Waals surface area contributed by atoms with Crippen LogP contribution in [0.5, 0.6) is 0 Å². The largest absolute Gasteiger partial charge is 0.481 e. The highest BCUT2D eigenvalue weighted by Gasteiger charge is 2.32. The smallest absolute Gasteiger partial charge is 0.407 e. The first-order chi connectivity index (χ1) is 15.4. The average molecular weight is 438 g/mol. The van der Waals surface area contributed by atoms with Crippen molar-refractivity contribution in [3.8, 4) is 11.1 Å². The summed E-state index contributed by atoms with van der Waals surface area (Å²) < 4.78 is 5.40. The molecule has 2 aliphatic carbocycles. The normalized spacial score (nSPS) is 16.4. The first kappa shape index (κ1) is 21.8. The Kier molecular flexibility index (Phi) is 6.41. The van der Waals surface area contributed by atoms with E-state index in [9.17, 15) is 19.5 Å². The van der Waals surface area contributed by atoms with Crippen LogP contribution in [0.15, 0.2) is 48.5 Å². The molecule has 8 nitrogen and oxygen atoms in total. The van der Waals surface area contributed by atoms with Gasteiger partial charge in [-0.25, -0.2) is 4.79 Å². The molecule has 0 bridgehead atoms. The van der Waals surface area contributed by atoms with Crippen LogP contribution in [-0.2, 0) is 14.3 Å². The first-order valence-corrected chi connectivity index (χ1v) is 10.7. The summed E-state index contributed by atoms with van der Waals surface area (Å²) in [6.45, 7) is 0.0770. The molecule has 0 heterocycles. The number of aliphatic hydroxyl groups excluding tert-OH is 1. The van der Waals surface area contributed by atoms with Gasteiger partial charge in [-0.1, -0.05) is 48.5 Å². The van der Waals surface area contributed by atoms with Gasteiger partial charge in [-0.3, -0.25) is 9.59 Å². The van der Waals surface area contributed by atoms with Gasteiger partial charge in [0, 0.05) is 12.5 Å². The van der Waals surface area contributed by atoms with Crippen molar-refractivity contribution in [3.63, 3.8) is 0 Å². The van der Waals surface area contributed by atoms with Crippen LogP contribution in [0, 0.1) is 5.92 Å². The summed E-state index contributed by atoms with van der Waals surface area (Å²) >= 11 is 0. The number of rotatable bonds is 9. The lowest BCUT2D eigenvalue weighted by Gasteiger charge is -2.19. The van der Waals surface area contributed by atoms with Crippen LogP contribution in [0.1, 0.15) is 36.3 Å². The van der Waals surface area contributed by atoms with E-state index in [1.165, 1.54) is 0 Å². The maximum atomic E-state index is 12.4. The second kappa shape index (κ2) is 9.40. The highest BCUT2D eigenvalue weighted by atomic mass is 16.5. The molecule has 2 amide bonds. The molecule has 0 saturated heterocycles. The fourth-order valence-corrected chi connectivity index (χ4v) is 4.14. The number of aliphatic hydroxyl groups is 1. The highest BCUT2D eigenvalue weighted by Crippen LogP contribution is 2.44. The van der Waals surface area contributed by atoms with Crippen molar-refractivity contribution in [3.05, 3.63) is 59.7 Å². The Morgan fingerprint density at radius 3 is 2.16 bits per heavy atom. The minimum atomic E-state index is -1.30. The molecule has 2 unspecified atom stereocenters. The topological polar surface area (TPSA) is 125 Å². The van der Waals surface area contributed by atoms with Crippen LogP contribution >= 0.6 is 0 Å². The molecule has 2 aliphatic rings. The fraction of sp³-hybridized carbons (Fsp3) is 0.375. The summed E-state index contributed by atoms with van der Waals surface area (Å²) in [5.41, 5.74) is 4.29. The molecule has 168 valence electrons. The number of carboxylic acids is 1. The second-order valence-electron chi connectivity index (χ2n) is 8.27. The van der Waals surface area contributed by atoms with Crippen molar-refractivity contribution in [2.24, 2.45) is 5.92 Å². The van der Waals surface area contributed by atoms with Gasteiger partial charge in [-0.15, -0.1) is 0 Å². The zero-order valence-corrected chi connectivity index (χ0v) is 17.5. The zero-order valence-electron chi connectivity index (χ0n) is 17.5. The van der Waals surface area contributed by atoms with Crippen LogP contribution in [0.4, 0.5) is 4.79 Å². The molecule has 0 aromatic heterocycles. The molecular formula is C24H26N2O6. The fourth-order valence-electron chi connectivity index (χ4n) is 4.14. The third-order valence-corrected chi connectivity index (χ3v) is 5.98. The van der Waals surface area contributed by atoms with E-state index in [1.54, 1.807) is 0 Å². The Bertz CT molecular complexity index is 974. The van der Waals surface area contributed by atoms with E-state index in [0.29, 0.717) is 0 Å². The van der Waals surface area contributed by atoms with Crippen LogP contribution in [0.25, 0.3) is 11.1 Å². The zero-order chi connectivity index (χ0) is 22.7. The summed E-state index contributed by atoms with van der Waals surface area (Å²) in [7, 11) is 0. The minimum absolute atomic E-state index is 0.0198. The van der Waals surface area contributed by atoms with Gasteiger partial charge in [-0.2, -0.15) is 0 Å². The summed E-state index contributed by atoms with van der Waals surface area (Å²) in [5.74, 6) is -1.87. The van der Waals surface area contributed by atoms with Crippen LogP contribution in [-0.4, -0.2) is 53.5 Å². The summed E-state index contributed by atoms with van der Waals surface area (Å²) in [6, 6.07) is 14.5. The number of nitrogens with one attached hydrogen (secondary N) is 2. The number of carbonyl (C=O) groups is 3. The van der Waals surface area contributed by atoms with Crippen molar-refractivity contribution in [1.82, 2.24) is 10.6 Å². The van der Waals surface area contributed by atoms with E-state index in [2.05, 4.69) is 10.6 Å². The quantitative estimate of drug-likeness (QED) is 0.476. The van der Waals surface area contributed by atoms with E-state index in [0.717, 1.165) is 35.1 Å². The number of benzene rings is 2. The van der Waals surface area contributed by atoms with Crippen LogP contribution < -0.4 is 10.6 Å². The molecule has 32 heavy (non-hydrogen) atoms. The second-order valence-corrected chi connectivity index (χ2v) is 8.27. The Labute approximate surface area is 185 Å². The van der Waals surface area contributed by atoms with Crippen LogP contribution in [0.3, 0.4) is 0 Å². The van der Waals surface area contributed by atoms with E-state index in [1.807, 2.05) is 48.5 Å². The molecule has 8 heteroatoms. The number of amides is 2. The third kappa shape index (κ3) is 4.91. The number of carboxylic acid groups (broad SMARTS) is 1. The molecule has 0 aliphatic heterocycles. The van der Waals surface area contributed by atoms with Crippen molar-refractivity contribution in [1.29, 1.82) is 0 Å². The number of hydrogen-bond donors (Lipinski definition) is 4. The molecule has 2 atom stereocenters. The van der Waals surface area contributed by atoms with Crippen LogP contribution in [0.2, 0.25) is 0 Å². The van der Waals surface area contributed by atoms with Gasteiger partial charge < -0.3 is 25.6 Å². The number of alkyl carbamates (subject to hydrolysis) is 1. The van der Waals surface area contributed by atoms with Gasteiger partial charge >= 0.3 is 12.1 Å². The predicted molar refractivity (Wildman–Crippen MR) is 116 cm³/mol. The molecule has 1 saturated carbocycles. The van der Waals surface area contributed by atoms with Gasteiger partial charge in [0.25, 0.3) is 0 Å². The van der Waals surface area contributed by atoms with Gasteiger partial charge in [-0.05, 0) is 41.0 Å². The molecular weight excluding hydrogens is 412 g/mol. The van der Waals surface area contributed by atoms with E-state index in [4.69, 9.17) is 9.84 Å². The molecule has 1 fully saturated rings. The Hall–Kier alpha value is -3.39. The lowest BCUT2D eigenvalue weighted by Crippen LogP contribution is -2.49. The number of ether oxygens (including phenoxy) is 1. The van der Waals surface area contributed by atoms with Crippen molar-refractivity contribution in [2.45, 2.75) is 37.3 Å². The van der Waals surface area contributed by atoms with E-state index < -0.39 is 36.5 Å². The maximum absolute atomic E-state index is 12.4. The molecule has 2 aromatic carbocycles. The summed E-state index contributed by atoms with van der Waals surface area (Å²) in [4.78, 5) is 36.0. The lowest BCUT2D eigenvalue weighted by molar-refractivity contribution is -0.139. The van der Waals surface area contributed by atoms with E-state index in [-0.39, 0.29) is 25.0 Å². The average Bonchev–Trinajstić information content (AvgIpc) is 3.58. The van der Waals surface area contributed by atoms with Crippen molar-refractivity contribution < 1.29 is 29.3 Å². The van der Waals surface area contributed by atoms with E-state index >= 15 is 0 Å². The Morgan fingerprint density at radius 1 is 1.00 bits per heavy atom. The number of carbonyl (C=O) groups excluding carboxylic acids is 2. The Balaban J connectivity index is 1.37. The monoisotopic (exact) mass is 438 g/mol. The lowest BCUT2D eigenvalue weighted by atomic mass is 9.98. The highest BCUT2D eigenvalue weighted by molar-refractivity contribution is 5.89. The number of aliphatic carboxylic acids is 1. The maximum Gasteiger partial charge on any atom is 0.407 e. The molecule has 4 rings (SSSR count). The van der Waals surface area contributed by atoms with Gasteiger partial charge in [0.1, 0.15) is 12.6 Å². The number of hydrogen-bond acceptors (Lipinski definition) is 5. The van der Waals surface area contributed by atoms with Gasteiger partial charge in [0.15, 0.2) is 0 Å². The Morgan fingerprint density at radius 2 is 1.59 bits per heavy atom.